The standard InChI is InChI=1S/C13H19NO4/c1-13(2,3)14(8-12(17)18)7-9-4-5-10(15)6-11(9)16/h4-6,15-16H,7-8H2,1-3H3,(H,17,18). The zero-order valence-corrected chi connectivity index (χ0v) is 10.8. The minimum Gasteiger partial charge on any atom is -0.508 e. The highest BCUT2D eigenvalue weighted by Gasteiger charge is 2.24. The van der Waals surface area contributed by atoms with E-state index < -0.39 is 5.97 Å². The van der Waals surface area contributed by atoms with Gasteiger partial charge in [-0.3, -0.25) is 9.69 Å². The third kappa shape index (κ3) is 3.92. The molecule has 18 heavy (non-hydrogen) atoms. The molecule has 1 aromatic rings. The fraction of sp³-hybridized carbons (Fsp3) is 0.462. The first-order valence-electron chi connectivity index (χ1n) is 5.68. The second kappa shape index (κ2) is 5.27. The van der Waals surface area contributed by atoms with Crippen LogP contribution in [0.25, 0.3) is 0 Å². The number of phenols is 2. The molecule has 0 fully saturated rings. The molecule has 0 atom stereocenters. The van der Waals surface area contributed by atoms with Crippen LogP contribution in [-0.2, 0) is 11.3 Å². The van der Waals surface area contributed by atoms with Crippen molar-refractivity contribution in [2.45, 2.75) is 32.9 Å². The third-order valence-electron chi connectivity index (χ3n) is 2.70. The first-order valence-corrected chi connectivity index (χ1v) is 5.68. The molecule has 100 valence electrons. The minimum atomic E-state index is -0.914. The molecule has 0 unspecified atom stereocenters. The number of carbonyl (C=O) groups is 1. The van der Waals surface area contributed by atoms with Crippen LogP contribution in [0.3, 0.4) is 0 Å². The van der Waals surface area contributed by atoms with Gasteiger partial charge in [-0.1, -0.05) is 6.07 Å². The zero-order valence-electron chi connectivity index (χ0n) is 10.8. The number of carboxylic acid groups (broad SMARTS) is 1. The SMILES string of the molecule is CC(C)(C)N(CC(=O)O)Cc1ccc(O)cc1O. The Balaban J connectivity index is 2.92. The van der Waals surface area contributed by atoms with Gasteiger partial charge in [-0.2, -0.15) is 0 Å². The summed E-state index contributed by atoms with van der Waals surface area (Å²) in [6, 6.07) is 4.30. The van der Waals surface area contributed by atoms with Gasteiger partial charge in [0.25, 0.3) is 0 Å². The molecule has 0 bridgehead atoms. The molecule has 0 spiro atoms. The molecule has 0 aliphatic heterocycles. The molecule has 1 aromatic carbocycles. The van der Waals surface area contributed by atoms with Crippen LogP contribution in [0.5, 0.6) is 11.5 Å². The summed E-state index contributed by atoms with van der Waals surface area (Å²) in [5.74, 6) is -0.963. The number of hydrogen-bond acceptors (Lipinski definition) is 4. The lowest BCUT2D eigenvalue weighted by Crippen LogP contribution is -2.43. The Kier molecular flexibility index (Phi) is 4.19. The molecule has 5 heteroatoms. The van der Waals surface area contributed by atoms with Gasteiger partial charge in [0.05, 0.1) is 6.54 Å². The number of carboxylic acids is 1. The third-order valence-corrected chi connectivity index (χ3v) is 2.70. The highest BCUT2D eigenvalue weighted by Crippen LogP contribution is 2.26. The summed E-state index contributed by atoms with van der Waals surface area (Å²) in [6.07, 6.45) is 0. The Bertz CT molecular complexity index is 437. The molecule has 0 saturated carbocycles. The average Bonchev–Trinajstić information content (AvgIpc) is 2.18. The molecule has 1 rings (SSSR count). The number of aliphatic carboxylic acids is 1. The molecule has 3 N–H and O–H groups in total. The lowest BCUT2D eigenvalue weighted by atomic mass is 10.0. The van der Waals surface area contributed by atoms with Crippen molar-refractivity contribution < 1.29 is 20.1 Å². The maximum absolute atomic E-state index is 10.8. The van der Waals surface area contributed by atoms with Crippen LogP contribution in [0.4, 0.5) is 0 Å². The Morgan fingerprint density at radius 2 is 1.89 bits per heavy atom. The van der Waals surface area contributed by atoms with Gasteiger partial charge in [0.15, 0.2) is 0 Å². The molecule has 0 aliphatic rings. The molecule has 0 saturated heterocycles. The van der Waals surface area contributed by atoms with Gasteiger partial charge >= 0.3 is 5.97 Å². The van der Waals surface area contributed by atoms with Gasteiger partial charge in [-0.15, -0.1) is 0 Å². The quantitative estimate of drug-likeness (QED) is 0.762. The maximum Gasteiger partial charge on any atom is 0.317 e. The van der Waals surface area contributed by atoms with Crippen molar-refractivity contribution in [3.63, 3.8) is 0 Å². The van der Waals surface area contributed by atoms with Crippen molar-refractivity contribution in [2.75, 3.05) is 6.54 Å². The lowest BCUT2D eigenvalue weighted by molar-refractivity contribution is -0.139. The predicted octanol–water partition coefficient (Wildman–Crippen LogP) is 1.78. The van der Waals surface area contributed by atoms with E-state index in [0.717, 1.165) is 0 Å². The van der Waals surface area contributed by atoms with Crippen LogP contribution in [0.2, 0.25) is 0 Å². The van der Waals surface area contributed by atoms with Gasteiger partial charge in [-0.25, -0.2) is 0 Å². The number of benzene rings is 1. The van der Waals surface area contributed by atoms with E-state index in [-0.39, 0.29) is 23.6 Å². The molecule has 0 heterocycles. The fourth-order valence-electron chi connectivity index (χ4n) is 1.59. The van der Waals surface area contributed by atoms with E-state index in [1.54, 1.807) is 11.0 Å². The Hall–Kier alpha value is -1.75. The Morgan fingerprint density at radius 1 is 1.28 bits per heavy atom. The van der Waals surface area contributed by atoms with Gasteiger partial charge < -0.3 is 15.3 Å². The van der Waals surface area contributed by atoms with E-state index in [2.05, 4.69) is 0 Å². The number of hydrogen-bond donors (Lipinski definition) is 3. The van der Waals surface area contributed by atoms with Gasteiger partial charge in [0, 0.05) is 23.7 Å². The second-order valence-electron chi connectivity index (χ2n) is 5.23. The minimum absolute atomic E-state index is 0.0169. The van der Waals surface area contributed by atoms with E-state index in [0.29, 0.717) is 12.1 Å². The number of rotatable bonds is 4. The fourth-order valence-corrected chi connectivity index (χ4v) is 1.59. The van der Waals surface area contributed by atoms with Crippen molar-refractivity contribution in [1.82, 2.24) is 4.90 Å². The van der Waals surface area contributed by atoms with E-state index >= 15 is 0 Å². The number of aromatic hydroxyl groups is 2. The predicted molar refractivity (Wildman–Crippen MR) is 67.6 cm³/mol. The van der Waals surface area contributed by atoms with Crippen molar-refractivity contribution >= 4 is 5.97 Å². The van der Waals surface area contributed by atoms with Crippen molar-refractivity contribution in [3.8, 4) is 11.5 Å². The molecule has 0 radical (unpaired) electrons. The lowest BCUT2D eigenvalue weighted by Gasteiger charge is -2.34. The Labute approximate surface area is 106 Å². The Morgan fingerprint density at radius 3 is 2.33 bits per heavy atom. The summed E-state index contributed by atoms with van der Waals surface area (Å²) in [7, 11) is 0. The summed E-state index contributed by atoms with van der Waals surface area (Å²) in [5, 5.41) is 27.8. The number of phenolic OH excluding ortho intramolecular Hbond substituents is 2. The van der Waals surface area contributed by atoms with Gasteiger partial charge in [0.2, 0.25) is 0 Å². The van der Waals surface area contributed by atoms with E-state index in [1.165, 1.54) is 12.1 Å². The van der Waals surface area contributed by atoms with Crippen molar-refractivity contribution in [2.24, 2.45) is 0 Å². The highest BCUT2D eigenvalue weighted by atomic mass is 16.4. The van der Waals surface area contributed by atoms with Gasteiger partial charge in [-0.05, 0) is 26.8 Å². The maximum atomic E-state index is 10.8. The first kappa shape index (κ1) is 14.3. The summed E-state index contributed by atoms with van der Waals surface area (Å²) in [5.41, 5.74) is 0.256. The first-order chi connectivity index (χ1) is 8.20. The smallest absolute Gasteiger partial charge is 0.317 e. The summed E-state index contributed by atoms with van der Waals surface area (Å²) in [4.78, 5) is 12.6. The van der Waals surface area contributed by atoms with E-state index in [9.17, 15) is 15.0 Å². The molecular weight excluding hydrogens is 234 g/mol. The monoisotopic (exact) mass is 253 g/mol. The number of nitrogens with zero attached hydrogens (tertiary/aromatic N) is 1. The van der Waals surface area contributed by atoms with E-state index in [4.69, 9.17) is 5.11 Å². The van der Waals surface area contributed by atoms with E-state index in [1.807, 2.05) is 20.8 Å². The van der Waals surface area contributed by atoms with Crippen LogP contribution < -0.4 is 0 Å². The van der Waals surface area contributed by atoms with Crippen LogP contribution in [0.15, 0.2) is 18.2 Å². The normalized spacial score (nSPS) is 11.8. The molecule has 5 nitrogen and oxygen atoms in total. The largest absolute Gasteiger partial charge is 0.508 e. The van der Waals surface area contributed by atoms with Crippen LogP contribution >= 0.6 is 0 Å². The average molecular weight is 253 g/mol. The topological polar surface area (TPSA) is 81.0 Å². The molecule has 0 aromatic heterocycles. The van der Waals surface area contributed by atoms with Crippen LogP contribution in [0.1, 0.15) is 26.3 Å². The molecule has 0 aliphatic carbocycles. The van der Waals surface area contributed by atoms with Gasteiger partial charge in [0.1, 0.15) is 11.5 Å². The summed E-state index contributed by atoms with van der Waals surface area (Å²) >= 11 is 0. The summed E-state index contributed by atoms with van der Waals surface area (Å²) < 4.78 is 0. The van der Waals surface area contributed by atoms with Crippen LogP contribution in [0, 0.1) is 0 Å². The summed E-state index contributed by atoms with van der Waals surface area (Å²) in [6.45, 7) is 5.93. The second-order valence-corrected chi connectivity index (χ2v) is 5.23. The highest BCUT2D eigenvalue weighted by molar-refractivity contribution is 5.69. The van der Waals surface area contributed by atoms with Crippen molar-refractivity contribution in [3.05, 3.63) is 23.8 Å². The van der Waals surface area contributed by atoms with Crippen LogP contribution in [-0.4, -0.2) is 38.3 Å². The molecule has 0 amide bonds. The zero-order chi connectivity index (χ0) is 13.9. The van der Waals surface area contributed by atoms with Crippen molar-refractivity contribution in [1.29, 1.82) is 0 Å². The molecular formula is C13H19NO4.